The predicted molar refractivity (Wildman–Crippen MR) is 91.7 cm³/mol. The first-order valence-electron chi connectivity index (χ1n) is 7.22. The van der Waals surface area contributed by atoms with Gasteiger partial charge in [0, 0.05) is 6.20 Å². The average Bonchev–Trinajstić information content (AvgIpc) is 2.78. The van der Waals surface area contributed by atoms with Gasteiger partial charge in [-0.1, -0.05) is 0 Å². The van der Waals surface area contributed by atoms with Gasteiger partial charge in [0.25, 0.3) is 5.56 Å². The molecule has 1 aliphatic rings. The number of hydrogen-bond donors (Lipinski definition) is 8. The Bertz CT molecular complexity index is 1000. The van der Waals surface area contributed by atoms with E-state index in [-0.39, 0.29) is 10.3 Å². The summed E-state index contributed by atoms with van der Waals surface area (Å²) in [5, 5.41) is 20.0. The molecule has 0 radical (unpaired) electrons. The number of aromatic nitrogens is 2. The fourth-order valence-electron chi connectivity index (χ4n) is 2.25. The van der Waals surface area contributed by atoms with Crippen molar-refractivity contribution in [3.05, 3.63) is 26.9 Å². The third-order valence-electron chi connectivity index (χ3n) is 3.33. The molecule has 8 N–H and O–H groups in total. The molecular weight excluding hydrogens is 485 g/mol. The van der Waals surface area contributed by atoms with Gasteiger partial charge in [-0.05, 0) is 12.2 Å². The second kappa shape index (κ2) is 8.86. The molecule has 0 saturated carbocycles. The molecule has 2 rings (SSSR count). The highest BCUT2D eigenvalue weighted by Crippen LogP contribution is 2.66. The van der Waals surface area contributed by atoms with Gasteiger partial charge in [-0.3, -0.25) is 14.3 Å². The molecular formula is C9H15N2O14P3S. The van der Waals surface area contributed by atoms with Gasteiger partial charge >= 0.3 is 23.5 Å². The van der Waals surface area contributed by atoms with Crippen molar-refractivity contribution < 1.29 is 61.4 Å². The van der Waals surface area contributed by atoms with Gasteiger partial charge in [0.15, 0.2) is 4.77 Å². The Morgan fingerprint density at radius 1 is 1.07 bits per heavy atom. The van der Waals surface area contributed by atoms with Crippen LogP contribution in [0.5, 0.6) is 0 Å². The standard InChI is InChI=1S/C9H15N2O14P3S/c12-5-4(2-22-27(18,19)25-28(20,21)24-26(15,16)17)23-7(6(5)13)3-1-10-9(29)11-8(3)14/h1,4-7,12-13H,2H2,(H,18,19)(H,20,21)(H2,15,16,17)(H2,10,11,14,29)/t4-,5+,6+,7+/m1/s1. The van der Waals surface area contributed by atoms with Crippen LogP contribution in [0.25, 0.3) is 0 Å². The van der Waals surface area contributed by atoms with E-state index in [4.69, 9.17) is 31.6 Å². The summed E-state index contributed by atoms with van der Waals surface area (Å²) in [6.45, 7) is -1.00. The lowest BCUT2D eigenvalue weighted by Gasteiger charge is -2.19. The topological polar surface area (TPSA) is 258 Å². The first kappa shape index (κ1) is 24.7. The minimum absolute atomic E-state index is 0.0176. The van der Waals surface area contributed by atoms with E-state index in [0.29, 0.717) is 0 Å². The molecule has 16 nitrogen and oxygen atoms in total. The third-order valence-corrected chi connectivity index (χ3v) is 7.36. The van der Waals surface area contributed by atoms with Gasteiger partial charge in [0.05, 0.1) is 12.2 Å². The average molecular weight is 500 g/mol. The molecule has 1 aromatic heterocycles. The van der Waals surface area contributed by atoms with Gasteiger partial charge in [-0.15, -0.1) is 0 Å². The molecule has 1 aliphatic heterocycles. The van der Waals surface area contributed by atoms with Crippen LogP contribution in [0.3, 0.4) is 0 Å². The highest BCUT2D eigenvalue weighted by atomic mass is 32.1. The Kier molecular flexibility index (Phi) is 7.54. The molecule has 166 valence electrons. The second-order valence-electron chi connectivity index (χ2n) is 5.49. The van der Waals surface area contributed by atoms with E-state index in [1.54, 1.807) is 0 Å². The molecule has 0 aliphatic carbocycles. The number of aliphatic hydroxyl groups is 2. The Labute approximate surface area is 165 Å². The minimum atomic E-state index is -5.71. The first-order valence-corrected chi connectivity index (χ1v) is 12.1. The Morgan fingerprint density at radius 2 is 1.69 bits per heavy atom. The van der Waals surface area contributed by atoms with E-state index in [1.807, 2.05) is 0 Å². The van der Waals surface area contributed by atoms with Crippen molar-refractivity contribution >= 4 is 35.7 Å². The smallest absolute Gasteiger partial charge is 0.387 e. The zero-order valence-corrected chi connectivity index (χ0v) is 17.3. The predicted octanol–water partition coefficient (Wildman–Crippen LogP) is -1.06. The lowest BCUT2D eigenvalue weighted by molar-refractivity contribution is -0.0227. The van der Waals surface area contributed by atoms with Crippen LogP contribution in [-0.4, -0.2) is 64.7 Å². The van der Waals surface area contributed by atoms with Crippen molar-refractivity contribution in [3.8, 4) is 0 Å². The molecule has 0 spiro atoms. The lowest BCUT2D eigenvalue weighted by Crippen LogP contribution is -2.33. The SMILES string of the molecule is O=c1[nH]c(=S)[nH]cc1[C@@H]1O[C@H](COP(=O)(O)OP(=O)(O)OP(=O)(O)O)[C@H](O)[C@@H]1O. The first-order chi connectivity index (χ1) is 13.1. The van der Waals surface area contributed by atoms with Gasteiger partial charge in [-0.25, -0.2) is 13.7 Å². The molecule has 0 aromatic carbocycles. The van der Waals surface area contributed by atoms with Crippen LogP contribution < -0.4 is 5.56 Å². The van der Waals surface area contributed by atoms with E-state index >= 15 is 0 Å². The number of nitrogens with one attached hydrogen (secondary N) is 2. The van der Waals surface area contributed by atoms with Crippen LogP contribution in [0.15, 0.2) is 11.0 Å². The normalized spacial score (nSPS) is 29.3. The Morgan fingerprint density at radius 3 is 2.24 bits per heavy atom. The molecule has 2 unspecified atom stereocenters. The second-order valence-corrected chi connectivity index (χ2v) is 10.3. The van der Waals surface area contributed by atoms with E-state index in [0.717, 1.165) is 6.20 Å². The number of rotatable bonds is 8. The molecule has 2 heterocycles. The van der Waals surface area contributed by atoms with Crippen LogP contribution in [0.4, 0.5) is 0 Å². The summed E-state index contributed by atoms with van der Waals surface area (Å²) in [5.74, 6) is 0. The lowest BCUT2D eigenvalue weighted by atomic mass is 10.0. The van der Waals surface area contributed by atoms with Gasteiger partial charge in [0.2, 0.25) is 0 Å². The Hall–Kier alpha value is -0.610. The minimum Gasteiger partial charge on any atom is -0.387 e. The molecule has 1 aromatic rings. The summed E-state index contributed by atoms with van der Waals surface area (Å²) in [4.78, 5) is 51.9. The van der Waals surface area contributed by atoms with Crippen molar-refractivity contribution in [2.75, 3.05) is 6.61 Å². The van der Waals surface area contributed by atoms with E-state index < -0.39 is 60.1 Å². The van der Waals surface area contributed by atoms with Gasteiger partial charge in [0.1, 0.15) is 24.4 Å². The maximum Gasteiger partial charge on any atom is 0.490 e. The highest BCUT2D eigenvalue weighted by molar-refractivity contribution is 7.71. The zero-order valence-electron chi connectivity index (χ0n) is 13.8. The number of aliphatic hydroxyl groups excluding tert-OH is 2. The number of ether oxygens (including phenoxy) is 1. The third kappa shape index (κ3) is 6.95. The summed E-state index contributed by atoms with van der Waals surface area (Å²) >= 11 is 4.71. The van der Waals surface area contributed by atoms with Crippen molar-refractivity contribution in [3.63, 3.8) is 0 Å². The largest absolute Gasteiger partial charge is 0.490 e. The molecule has 29 heavy (non-hydrogen) atoms. The van der Waals surface area contributed by atoms with Crippen molar-refractivity contribution in [1.29, 1.82) is 0 Å². The van der Waals surface area contributed by atoms with Crippen LogP contribution in [0, 0.1) is 4.77 Å². The fraction of sp³-hybridized carbons (Fsp3) is 0.556. The summed E-state index contributed by atoms with van der Waals surface area (Å²) in [6.07, 6.45) is -5.19. The Balaban J connectivity index is 2.06. The summed E-state index contributed by atoms with van der Waals surface area (Å²) in [7, 11) is -16.7. The maximum atomic E-state index is 11.9. The number of phosphoric acid groups is 3. The molecule has 20 heteroatoms. The molecule has 0 amide bonds. The van der Waals surface area contributed by atoms with Gasteiger partial charge in [-0.2, -0.15) is 8.62 Å². The number of phosphoric ester groups is 1. The summed E-state index contributed by atoms with van der Waals surface area (Å²) in [6, 6.07) is 0. The van der Waals surface area contributed by atoms with Crippen molar-refractivity contribution in [1.82, 2.24) is 9.97 Å². The number of H-pyrrole nitrogens is 2. The van der Waals surface area contributed by atoms with Crippen LogP contribution in [0.2, 0.25) is 0 Å². The van der Waals surface area contributed by atoms with Crippen LogP contribution in [0.1, 0.15) is 11.7 Å². The van der Waals surface area contributed by atoms with Crippen LogP contribution in [-0.2, 0) is 31.6 Å². The summed E-state index contributed by atoms with van der Waals surface area (Å²) in [5.41, 5.74) is -0.899. The van der Waals surface area contributed by atoms with Crippen molar-refractivity contribution in [2.24, 2.45) is 0 Å². The quantitative estimate of drug-likeness (QED) is 0.156. The number of hydrogen-bond acceptors (Lipinski definition) is 11. The fourth-order valence-corrected chi connectivity index (χ4v) is 5.43. The van der Waals surface area contributed by atoms with E-state index in [1.165, 1.54) is 0 Å². The van der Waals surface area contributed by atoms with E-state index in [9.17, 15) is 33.6 Å². The van der Waals surface area contributed by atoms with Gasteiger partial charge < -0.3 is 39.5 Å². The molecule has 1 fully saturated rings. The van der Waals surface area contributed by atoms with Crippen LogP contribution >= 0.6 is 35.7 Å². The molecule has 0 bridgehead atoms. The summed E-state index contributed by atoms with van der Waals surface area (Å²) < 4.78 is 50.1. The monoisotopic (exact) mass is 500 g/mol. The number of aromatic amines is 2. The molecule has 1 saturated heterocycles. The van der Waals surface area contributed by atoms with E-state index in [2.05, 4.69) is 23.1 Å². The molecule has 6 atom stereocenters. The maximum absolute atomic E-state index is 11.9. The van der Waals surface area contributed by atoms with Crippen molar-refractivity contribution in [2.45, 2.75) is 24.4 Å². The highest BCUT2D eigenvalue weighted by Gasteiger charge is 2.46. The zero-order chi connectivity index (χ0) is 22.2.